The van der Waals surface area contributed by atoms with E-state index in [0.29, 0.717) is 12.2 Å². The molecule has 0 aliphatic rings. The lowest BCUT2D eigenvalue weighted by molar-refractivity contribution is 0.102. The van der Waals surface area contributed by atoms with E-state index in [1.165, 1.54) is 12.1 Å². The van der Waals surface area contributed by atoms with Gasteiger partial charge in [-0.25, -0.2) is 4.39 Å². The summed E-state index contributed by atoms with van der Waals surface area (Å²) in [6.45, 7) is 4.35. The third-order valence-corrected chi connectivity index (χ3v) is 3.64. The van der Waals surface area contributed by atoms with Gasteiger partial charge in [0.1, 0.15) is 5.82 Å². The number of carbonyl (C=O) groups is 1. The van der Waals surface area contributed by atoms with Crippen molar-refractivity contribution >= 4 is 33.2 Å². The average Bonchev–Trinajstić information content (AvgIpc) is 2.44. The van der Waals surface area contributed by atoms with Crippen LogP contribution in [0, 0.1) is 12.7 Å². The highest BCUT2D eigenvalue weighted by Gasteiger charge is 2.15. The largest absolute Gasteiger partial charge is 0.382 e. The number of aryl methyl sites for hydroxylation is 1. The van der Waals surface area contributed by atoms with Gasteiger partial charge in [0.2, 0.25) is 0 Å². The fourth-order valence-corrected chi connectivity index (χ4v) is 2.57. The molecular formula is C16H16BrFN2O. The molecular weight excluding hydrogens is 335 g/mol. The average molecular weight is 351 g/mol. The minimum Gasteiger partial charge on any atom is -0.382 e. The van der Waals surface area contributed by atoms with Crippen LogP contribution in [-0.2, 0) is 0 Å². The van der Waals surface area contributed by atoms with Crippen molar-refractivity contribution in [3.63, 3.8) is 0 Å². The van der Waals surface area contributed by atoms with Crippen LogP contribution in [0.4, 0.5) is 15.8 Å². The van der Waals surface area contributed by atoms with E-state index in [4.69, 9.17) is 0 Å². The summed E-state index contributed by atoms with van der Waals surface area (Å²) in [5.74, 6) is -0.789. The number of halogens is 2. The maximum Gasteiger partial charge on any atom is 0.257 e. The number of para-hydroxylation sites is 1. The summed E-state index contributed by atoms with van der Waals surface area (Å²) < 4.78 is 14.6. The molecule has 1 amide bonds. The normalized spacial score (nSPS) is 10.3. The molecule has 0 aromatic heterocycles. The third-order valence-electron chi connectivity index (χ3n) is 2.98. The Balaban J connectivity index is 2.30. The molecule has 5 heteroatoms. The Labute approximate surface area is 131 Å². The Morgan fingerprint density at radius 3 is 2.71 bits per heavy atom. The number of hydrogen-bond acceptors (Lipinski definition) is 2. The van der Waals surface area contributed by atoms with Crippen LogP contribution >= 0.6 is 15.9 Å². The van der Waals surface area contributed by atoms with Gasteiger partial charge in [-0.3, -0.25) is 4.79 Å². The van der Waals surface area contributed by atoms with Crippen molar-refractivity contribution in [1.29, 1.82) is 0 Å². The number of rotatable bonds is 4. The zero-order valence-electron chi connectivity index (χ0n) is 11.8. The fourth-order valence-electron chi connectivity index (χ4n) is 1.98. The van der Waals surface area contributed by atoms with Crippen LogP contribution in [0.3, 0.4) is 0 Å². The van der Waals surface area contributed by atoms with Crippen molar-refractivity contribution in [3.8, 4) is 0 Å². The summed E-state index contributed by atoms with van der Waals surface area (Å²) in [5.41, 5.74) is 2.24. The van der Waals surface area contributed by atoms with E-state index in [9.17, 15) is 9.18 Å². The highest BCUT2D eigenvalue weighted by atomic mass is 79.9. The van der Waals surface area contributed by atoms with Crippen molar-refractivity contribution in [3.05, 3.63) is 57.8 Å². The van der Waals surface area contributed by atoms with E-state index in [1.54, 1.807) is 6.07 Å². The van der Waals surface area contributed by atoms with Crippen molar-refractivity contribution in [2.24, 2.45) is 0 Å². The maximum absolute atomic E-state index is 13.8. The first-order valence-electron chi connectivity index (χ1n) is 6.62. The lowest BCUT2D eigenvalue weighted by Gasteiger charge is -2.13. The van der Waals surface area contributed by atoms with Gasteiger partial charge < -0.3 is 10.6 Å². The summed E-state index contributed by atoms with van der Waals surface area (Å²) in [5, 5.41) is 5.67. The smallest absolute Gasteiger partial charge is 0.257 e. The topological polar surface area (TPSA) is 41.1 Å². The van der Waals surface area contributed by atoms with E-state index in [1.807, 2.05) is 32.0 Å². The van der Waals surface area contributed by atoms with Crippen molar-refractivity contribution in [2.75, 3.05) is 17.2 Å². The molecule has 2 N–H and O–H groups in total. The minimum absolute atomic E-state index is 0.223. The summed E-state index contributed by atoms with van der Waals surface area (Å²) in [6.07, 6.45) is 0. The van der Waals surface area contributed by atoms with Crippen molar-refractivity contribution < 1.29 is 9.18 Å². The number of benzene rings is 2. The highest BCUT2D eigenvalue weighted by molar-refractivity contribution is 9.10. The molecule has 21 heavy (non-hydrogen) atoms. The molecule has 0 fully saturated rings. The molecule has 2 aromatic carbocycles. The minimum atomic E-state index is -0.438. The summed E-state index contributed by atoms with van der Waals surface area (Å²) in [7, 11) is 0. The molecule has 0 radical (unpaired) electrons. The van der Waals surface area contributed by atoms with Gasteiger partial charge in [0.15, 0.2) is 0 Å². The highest BCUT2D eigenvalue weighted by Crippen LogP contribution is 2.26. The molecule has 2 aromatic rings. The SMILES string of the molecule is CCNc1c(F)cccc1C(=O)Nc1ccc(C)cc1Br. The molecule has 0 saturated heterocycles. The summed E-state index contributed by atoms with van der Waals surface area (Å²) in [6, 6.07) is 10.1. The van der Waals surface area contributed by atoms with Crippen LogP contribution in [0.15, 0.2) is 40.9 Å². The molecule has 3 nitrogen and oxygen atoms in total. The first-order valence-corrected chi connectivity index (χ1v) is 7.42. The molecule has 0 aliphatic heterocycles. The van der Waals surface area contributed by atoms with Crippen LogP contribution in [0.1, 0.15) is 22.8 Å². The van der Waals surface area contributed by atoms with Crippen molar-refractivity contribution in [1.82, 2.24) is 0 Å². The first-order chi connectivity index (χ1) is 10.0. The standard InChI is InChI=1S/C16H16BrFN2O/c1-3-19-15-11(5-4-6-13(15)18)16(21)20-14-8-7-10(2)9-12(14)17/h4-9,19H,3H2,1-2H3,(H,20,21). The molecule has 0 atom stereocenters. The monoisotopic (exact) mass is 350 g/mol. The van der Waals surface area contributed by atoms with Crippen LogP contribution in [0.5, 0.6) is 0 Å². The fraction of sp³-hybridized carbons (Fsp3) is 0.188. The Morgan fingerprint density at radius 1 is 1.29 bits per heavy atom. The van der Waals surface area contributed by atoms with Gasteiger partial charge in [-0.1, -0.05) is 12.1 Å². The Kier molecular flexibility index (Phi) is 4.96. The van der Waals surface area contributed by atoms with E-state index in [-0.39, 0.29) is 17.2 Å². The maximum atomic E-state index is 13.8. The van der Waals surface area contributed by atoms with Gasteiger partial charge in [0.05, 0.1) is 16.9 Å². The molecule has 0 heterocycles. The van der Waals surface area contributed by atoms with Gasteiger partial charge in [-0.2, -0.15) is 0 Å². The molecule has 0 spiro atoms. The quantitative estimate of drug-likeness (QED) is 0.847. The predicted octanol–water partition coefficient (Wildman–Crippen LogP) is 4.58. The number of hydrogen-bond donors (Lipinski definition) is 2. The van der Waals surface area contributed by atoms with E-state index < -0.39 is 5.82 Å². The van der Waals surface area contributed by atoms with Gasteiger partial charge >= 0.3 is 0 Å². The Hall–Kier alpha value is -1.88. The first kappa shape index (κ1) is 15.5. The lowest BCUT2D eigenvalue weighted by atomic mass is 10.1. The number of anilines is 2. The number of nitrogens with one attached hydrogen (secondary N) is 2. The van der Waals surface area contributed by atoms with Crippen LogP contribution in [-0.4, -0.2) is 12.5 Å². The molecule has 2 rings (SSSR count). The van der Waals surface area contributed by atoms with E-state index in [0.717, 1.165) is 10.0 Å². The van der Waals surface area contributed by atoms with Crippen LogP contribution in [0.25, 0.3) is 0 Å². The zero-order chi connectivity index (χ0) is 15.4. The van der Waals surface area contributed by atoms with Gasteiger partial charge in [0.25, 0.3) is 5.91 Å². The van der Waals surface area contributed by atoms with E-state index >= 15 is 0 Å². The molecule has 0 saturated carbocycles. The Bertz CT molecular complexity index is 673. The second-order valence-corrected chi connectivity index (χ2v) is 5.48. The summed E-state index contributed by atoms with van der Waals surface area (Å²) >= 11 is 3.41. The second-order valence-electron chi connectivity index (χ2n) is 4.63. The molecule has 0 aliphatic carbocycles. The Morgan fingerprint density at radius 2 is 2.05 bits per heavy atom. The number of amides is 1. The van der Waals surface area contributed by atoms with Gasteiger partial charge in [0, 0.05) is 11.0 Å². The second kappa shape index (κ2) is 6.72. The van der Waals surface area contributed by atoms with E-state index in [2.05, 4.69) is 26.6 Å². The van der Waals surface area contributed by atoms with Gasteiger partial charge in [-0.05, 0) is 59.6 Å². The van der Waals surface area contributed by atoms with Gasteiger partial charge in [-0.15, -0.1) is 0 Å². The molecule has 110 valence electrons. The summed E-state index contributed by atoms with van der Waals surface area (Å²) in [4.78, 5) is 12.4. The van der Waals surface area contributed by atoms with Crippen LogP contribution < -0.4 is 10.6 Å². The zero-order valence-corrected chi connectivity index (χ0v) is 13.4. The predicted molar refractivity (Wildman–Crippen MR) is 87.4 cm³/mol. The molecule has 0 bridgehead atoms. The van der Waals surface area contributed by atoms with Crippen LogP contribution in [0.2, 0.25) is 0 Å². The number of carbonyl (C=O) groups excluding carboxylic acids is 1. The third kappa shape index (κ3) is 3.61. The van der Waals surface area contributed by atoms with Crippen molar-refractivity contribution in [2.45, 2.75) is 13.8 Å². The lowest BCUT2D eigenvalue weighted by Crippen LogP contribution is -2.16. The molecule has 0 unspecified atom stereocenters.